The number of epoxide rings is 1. The van der Waals surface area contributed by atoms with Gasteiger partial charge in [0.25, 0.3) is 0 Å². The highest BCUT2D eigenvalue weighted by Gasteiger charge is 2.87. The summed E-state index contributed by atoms with van der Waals surface area (Å²) in [6.45, 7) is 7.08. The zero-order chi connectivity index (χ0) is 7.85. The van der Waals surface area contributed by atoms with Crippen LogP contribution in [0, 0.1) is 17.3 Å². The lowest BCUT2D eigenvalue weighted by atomic mass is 9.91. The van der Waals surface area contributed by atoms with Crippen LogP contribution in [0.2, 0.25) is 0 Å². The van der Waals surface area contributed by atoms with Crippen LogP contribution in [0.4, 0.5) is 0 Å². The molecular weight excluding hydrogens is 136 g/mol. The summed E-state index contributed by atoms with van der Waals surface area (Å²) in [5, 5.41) is 0. The minimum absolute atomic E-state index is 0.380. The molecule has 0 N–H and O–H groups in total. The van der Waals surface area contributed by atoms with Gasteiger partial charge in [-0.25, -0.2) is 0 Å². The van der Waals surface area contributed by atoms with Gasteiger partial charge in [-0.1, -0.05) is 20.8 Å². The van der Waals surface area contributed by atoms with Crippen LogP contribution in [0.15, 0.2) is 0 Å². The Labute approximate surface area is 68.1 Å². The summed E-state index contributed by atoms with van der Waals surface area (Å²) in [5.74, 6) is 1.73. The Balaban J connectivity index is 1.95. The van der Waals surface area contributed by atoms with Crippen LogP contribution in [0.5, 0.6) is 0 Å². The van der Waals surface area contributed by atoms with E-state index in [4.69, 9.17) is 4.74 Å². The Kier molecular flexibility index (Phi) is 0.820. The Morgan fingerprint density at radius 2 is 2.00 bits per heavy atom. The van der Waals surface area contributed by atoms with Crippen LogP contribution in [0.1, 0.15) is 33.6 Å². The van der Waals surface area contributed by atoms with E-state index in [2.05, 4.69) is 20.8 Å². The number of hydrogen-bond donors (Lipinski definition) is 0. The van der Waals surface area contributed by atoms with Gasteiger partial charge < -0.3 is 4.74 Å². The van der Waals surface area contributed by atoms with Crippen molar-refractivity contribution in [2.75, 3.05) is 0 Å². The summed E-state index contributed by atoms with van der Waals surface area (Å²) < 4.78 is 5.87. The van der Waals surface area contributed by atoms with Crippen molar-refractivity contribution >= 4 is 0 Å². The fraction of sp³-hybridized carbons (Fsp3) is 1.00. The Bertz CT molecular complexity index is 221. The molecule has 1 heterocycles. The van der Waals surface area contributed by atoms with Crippen molar-refractivity contribution in [3.8, 4) is 0 Å². The van der Waals surface area contributed by atoms with Gasteiger partial charge >= 0.3 is 0 Å². The van der Waals surface area contributed by atoms with Crippen molar-refractivity contribution < 1.29 is 4.74 Å². The largest absolute Gasteiger partial charge is 0.365 e. The fourth-order valence-corrected chi connectivity index (χ4v) is 3.53. The van der Waals surface area contributed by atoms with Gasteiger partial charge in [0.1, 0.15) is 5.60 Å². The molecule has 1 aliphatic heterocycles. The highest BCUT2D eigenvalue weighted by molar-refractivity contribution is 5.34. The van der Waals surface area contributed by atoms with Gasteiger partial charge in [0.2, 0.25) is 0 Å². The third-order valence-corrected chi connectivity index (χ3v) is 4.43. The van der Waals surface area contributed by atoms with Gasteiger partial charge in [0.15, 0.2) is 0 Å². The molecule has 1 spiro atoms. The van der Waals surface area contributed by atoms with Gasteiger partial charge in [-0.05, 0) is 24.7 Å². The van der Waals surface area contributed by atoms with E-state index in [1.165, 1.54) is 12.8 Å². The molecule has 0 aromatic carbocycles. The van der Waals surface area contributed by atoms with Crippen LogP contribution in [0.3, 0.4) is 0 Å². The Morgan fingerprint density at radius 1 is 1.27 bits per heavy atom. The van der Waals surface area contributed by atoms with Gasteiger partial charge in [0.05, 0.1) is 6.10 Å². The van der Waals surface area contributed by atoms with E-state index in [9.17, 15) is 0 Å². The molecule has 11 heavy (non-hydrogen) atoms. The second-order valence-corrected chi connectivity index (χ2v) is 5.16. The fourth-order valence-electron chi connectivity index (χ4n) is 3.53. The highest BCUT2D eigenvalue weighted by Crippen LogP contribution is 2.79. The number of rotatable bonds is 0. The van der Waals surface area contributed by atoms with E-state index < -0.39 is 0 Å². The van der Waals surface area contributed by atoms with Crippen molar-refractivity contribution in [1.29, 1.82) is 0 Å². The van der Waals surface area contributed by atoms with E-state index in [1.807, 2.05) is 0 Å². The lowest BCUT2D eigenvalue weighted by Gasteiger charge is -2.10. The maximum absolute atomic E-state index is 5.87. The minimum atomic E-state index is 0.380. The van der Waals surface area contributed by atoms with Gasteiger partial charge in [-0.3, -0.25) is 0 Å². The van der Waals surface area contributed by atoms with Gasteiger partial charge in [0, 0.05) is 5.41 Å². The predicted octanol–water partition coefficient (Wildman–Crippen LogP) is 2.21. The molecule has 3 unspecified atom stereocenters. The Hall–Kier alpha value is -0.0400. The molecular formula is C10H16O. The summed E-state index contributed by atoms with van der Waals surface area (Å²) in [6, 6.07) is 0. The molecule has 3 rings (SSSR count). The average molecular weight is 152 g/mol. The van der Waals surface area contributed by atoms with Crippen molar-refractivity contribution in [3.63, 3.8) is 0 Å². The molecule has 1 nitrogen and oxygen atoms in total. The average Bonchev–Trinajstić information content (AvgIpc) is 2.72. The first-order valence-electron chi connectivity index (χ1n) is 4.78. The van der Waals surface area contributed by atoms with E-state index in [0.717, 1.165) is 11.8 Å². The molecule has 3 aliphatic rings. The normalized spacial score (nSPS) is 63.0. The molecule has 0 bridgehead atoms. The summed E-state index contributed by atoms with van der Waals surface area (Å²) in [5.41, 5.74) is 0.896. The monoisotopic (exact) mass is 152 g/mol. The summed E-state index contributed by atoms with van der Waals surface area (Å²) >= 11 is 0. The molecule has 0 amide bonds. The van der Waals surface area contributed by atoms with Crippen molar-refractivity contribution in [1.82, 2.24) is 0 Å². The summed E-state index contributed by atoms with van der Waals surface area (Å²) in [6.07, 6.45) is 3.43. The van der Waals surface area contributed by atoms with Crippen molar-refractivity contribution in [2.24, 2.45) is 17.3 Å². The lowest BCUT2D eigenvalue weighted by molar-refractivity contribution is 0.303. The maximum atomic E-state index is 5.87. The second kappa shape index (κ2) is 1.39. The van der Waals surface area contributed by atoms with Crippen LogP contribution in [-0.4, -0.2) is 11.7 Å². The quantitative estimate of drug-likeness (QED) is 0.485. The van der Waals surface area contributed by atoms with E-state index in [-0.39, 0.29) is 0 Å². The first-order valence-corrected chi connectivity index (χ1v) is 4.78. The SMILES string of the molecule is C[C@@H]1CCC2C(C)(C)C23OC13. The molecule has 62 valence electrons. The molecule has 2 saturated carbocycles. The van der Waals surface area contributed by atoms with E-state index >= 15 is 0 Å². The zero-order valence-corrected chi connectivity index (χ0v) is 7.55. The molecule has 0 radical (unpaired) electrons. The van der Waals surface area contributed by atoms with Crippen LogP contribution in [-0.2, 0) is 4.74 Å². The molecule has 1 heteroatoms. The second-order valence-electron chi connectivity index (χ2n) is 5.16. The standard InChI is InChI=1S/C10H16O/c1-6-4-5-7-9(2,3)10(7)8(6)11-10/h6-8H,4-5H2,1-3H3/t6-,7?,8?,10?/m1/s1. The molecule has 0 aromatic rings. The maximum Gasteiger partial charge on any atom is 0.104 e. The van der Waals surface area contributed by atoms with Gasteiger partial charge in [-0.15, -0.1) is 0 Å². The van der Waals surface area contributed by atoms with Crippen molar-refractivity contribution in [2.45, 2.75) is 45.3 Å². The summed E-state index contributed by atoms with van der Waals surface area (Å²) in [4.78, 5) is 0. The van der Waals surface area contributed by atoms with E-state index in [1.54, 1.807) is 0 Å². The first kappa shape index (κ1) is 6.47. The van der Waals surface area contributed by atoms with Crippen molar-refractivity contribution in [3.05, 3.63) is 0 Å². The smallest absolute Gasteiger partial charge is 0.104 e. The molecule has 1 saturated heterocycles. The third kappa shape index (κ3) is 0.462. The lowest BCUT2D eigenvalue weighted by Crippen LogP contribution is -2.14. The first-order chi connectivity index (χ1) is 5.11. The Morgan fingerprint density at radius 3 is 2.64 bits per heavy atom. The third-order valence-electron chi connectivity index (χ3n) is 4.43. The molecule has 4 atom stereocenters. The minimum Gasteiger partial charge on any atom is -0.365 e. The summed E-state index contributed by atoms with van der Waals surface area (Å²) in [7, 11) is 0. The zero-order valence-electron chi connectivity index (χ0n) is 7.55. The predicted molar refractivity (Wildman–Crippen MR) is 43.3 cm³/mol. The van der Waals surface area contributed by atoms with Crippen LogP contribution < -0.4 is 0 Å². The highest BCUT2D eigenvalue weighted by atomic mass is 16.6. The molecule has 0 aromatic heterocycles. The van der Waals surface area contributed by atoms with E-state index in [0.29, 0.717) is 17.1 Å². The molecule has 3 fully saturated rings. The number of hydrogen-bond acceptors (Lipinski definition) is 1. The number of ether oxygens (including phenoxy) is 1. The topological polar surface area (TPSA) is 12.5 Å². The van der Waals surface area contributed by atoms with Crippen LogP contribution in [0.25, 0.3) is 0 Å². The molecule has 2 aliphatic carbocycles. The van der Waals surface area contributed by atoms with Gasteiger partial charge in [-0.2, -0.15) is 0 Å². The van der Waals surface area contributed by atoms with Crippen LogP contribution >= 0.6 is 0 Å².